The van der Waals surface area contributed by atoms with Gasteiger partial charge in [0.25, 0.3) is 0 Å². The summed E-state index contributed by atoms with van der Waals surface area (Å²) in [4.78, 5) is 15.6. The number of nitrogens with zero attached hydrogens (tertiary/aromatic N) is 1. The van der Waals surface area contributed by atoms with E-state index in [0.29, 0.717) is 5.75 Å². The van der Waals surface area contributed by atoms with E-state index in [2.05, 4.69) is 0 Å². The monoisotopic (exact) mass is 307 g/mol. The third kappa shape index (κ3) is 3.19. The fourth-order valence-corrected chi connectivity index (χ4v) is 4.21. The first-order chi connectivity index (χ1) is 10.2. The van der Waals surface area contributed by atoms with Gasteiger partial charge in [0.15, 0.2) is 0 Å². The number of carbonyl (C=O) groups is 1. The van der Waals surface area contributed by atoms with Crippen molar-refractivity contribution in [2.24, 2.45) is 0 Å². The van der Waals surface area contributed by atoms with Crippen LogP contribution in [0.3, 0.4) is 0 Å². The van der Waals surface area contributed by atoms with Crippen molar-refractivity contribution in [1.29, 1.82) is 0 Å². The number of rotatable bonds is 4. The SMILES string of the molecule is COc1ccc(SCC(=O)N2C3CCC2CC(O)C3)cc1. The maximum atomic E-state index is 12.5. The third-order valence-corrected chi connectivity index (χ3v) is 5.41. The number of hydrogen-bond acceptors (Lipinski definition) is 4. The van der Waals surface area contributed by atoms with Crippen LogP contribution in [0.5, 0.6) is 5.75 Å². The van der Waals surface area contributed by atoms with Gasteiger partial charge >= 0.3 is 0 Å². The molecule has 1 N–H and O–H groups in total. The molecule has 0 radical (unpaired) electrons. The van der Waals surface area contributed by atoms with Gasteiger partial charge in [-0.3, -0.25) is 4.79 Å². The Hall–Kier alpha value is -1.20. The Morgan fingerprint density at radius 2 is 1.90 bits per heavy atom. The molecular weight excluding hydrogens is 286 g/mol. The van der Waals surface area contributed by atoms with E-state index in [1.807, 2.05) is 29.2 Å². The lowest BCUT2D eigenvalue weighted by molar-refractivity contribution is -0.134. The summed E-state index contributed by atoms with van der Waals surface area (Å²) in [7, 11) is 1.65. The topological polar surface area (TPSA) is 49.8 Å². The first-order valence-corrected chi connectivity index (χ1v) is 8.42. The molecule has 5 heteroatoms. The average molecular weight is 307 g/mol. The van der Waals surface area contributed by atoms with E-state index >= 15 is 0 Å². The minimum absolute atomic E-state index is 0.204. The van der Waals surface area contributed by atoms with Gasteiger partial charge in [0.1, 0.15) is 5.75 Å². The van der Waals surface area contributed by atoms with Crippen LogP contribution in [0.15, 0.2) is 29.2 Å². The summed E-state index contributed by atoms with van der Waals surface area (Å²) in [6, 6.07) is 8.28. The molecule has 1 aromatic rings. The number of piperidine rings is 1. The molecule has 2 unspecified atom stereocenters. The number of methoxy groups -OCH3 is 1. The molecular formula is C16H21NO3S. The molecule has 21 heavy (non-hydrogen) atoms. The first-order valence-electron chi connectivity index (χ1n) is 7.43. The van der Waals surface area contributed by atoms with E-state index in [0.717, 1.165) is 36.3 Å². The number of hydrogen-bond donors (Lipinski definition) is 1. The van der Waals surface area contributed by atoms with Crippen molar-refractivity contribution >= 4 is 17.7 Å². The van der Waals surface area contributed by atoms with Gasteiger partial charge < -0.3 is 14.7 Å². The highest BCUT2D eigenvalue weighted by Crippen LogP contribution is 2.36. The summed E-state index contributed by atoms with van der Waals surface area (Å²) < 4.78 is 5.13. The van der Waals surface area contributed by atoms with Crippen LogP contribution in [0.1, 0.15) is 25.7 Å². The molecule has 2 bridgehead atoms. The van der Waals surface area contributed by atoms with Crippen LogP contribution in [0.2, 0.25) is 0 Å². The molecule has 2 aliphatic heterocycles. The molecule has 2 aliphatic rings. The molecule has 0 saturated carbocycles. The summed E-state index contributed by atoms with van der Waals surface area (Å²) in [5.41, 5.74) is 0. The molecule has 4 nitrogen and oxygen atoms in total. The fourth-order valence-electron chi connectivity index (χ4n) is 3.45. The van der Waals surface area contributed by atoms with Crippen molar-refractivity contribution < 1.29 is 14.6 Å². The number of thioether (sulfide) groups is 1. The van der Waals surface area contributed by atoms with Crippen molar-refractivity contribution in [3.8, 4) is 5.75 Å². The predicted molar refractivity (Wildman–Crippen MR) is 82.6 cm³/mol. The highest BCUT2D eigenvalue weighted by Gasteiger charge is 2.42. The highest BCUT2D eigenvalue weighted by atomic mass is 32.2. The molecule has 1 amide bonds. The molecule has 1 aromatic carbocycles. The van der Waals surface area contributed by atoms with Crippen LogP contribution in [0.25, 0.3) is 0 Å². The second-order valence-corrected chi connectivity index (χ2v) is 6.82. The van der Waals surface area contributed by atoms with Crippen LogP contribution in [-0.4, -0.2) is 47.0 Å². The molecule has 0 aliphatic carbocycles. The van der Waals surface area contributed by atoms with Crippen molar-refractivity contribution in [3.05, 3.63) is 24.3 Å². The van der Waals surface area contributed by atoms with E-state index in [-0.39, 0.29) is 24.1 Å². The van der Waals surface area contributed by atoms with E-state index < -0.39 is 0 Å². The average Bonchev–Trinajstić information content (AvgIpc) is 2.77. The lowest BCUT2D eigenvalue weighted by Gasteiger charge is -2.37. The number of ether oxygens (including phenoxy) is 1. The van der Waals surface area contributed by atoms with Crippen molar-refractivity contribution in [2.45, 2.75) is 48.8 Å². The van der Waals surface area contributed by atoms with E-state index in [1.54, 1.807) is 18.9 Å². The lowest BCUT2D eigenvalue weighted by atomic mass is 10.00. The zero-order valence-electron chi connectivity index (χ0n) is 12.2. The second kappa shape index (κ2) is 6.28. The van der Waals surface area contributed by atoms with Crippen molar-refractivity contribution in [1.82, 2.24) is 4.90 Å². The largest absolute Gasteiger partial charge is 0.497 e. The Morgan fingerprint density at radius 1 is 1.29 bits per heavy atom. The van der Waals surface area contributed by atoms with Gasteiger partial charge in [0.2, 0.25) is 5.91 Å². The summed E-state index contributed by atoms with van der Waals surface area (Å²) in [6.07, 6.45) is 3.35. The maximum absolute atomic E-state index is 12.5. The van der Waals surface area contributed by atoms with E-state index in [4.69, 9.17) is 4.74 Å². The molecule has 0 aromatic heterocycles. The smallest absolute Gasteiger partial charge is 0.233 e. The molecule has 2 fully saturated rings. The normalized spacial score (nSPS) is 27.7. The number of benzene rings is 1. The predicted octanol–water partition coefficient (Wildman–Crippen LogP) is 2.30. The number of aliphatic hydroxyl groups is 1. The number of aliphatic hydroxyl groups excluding tert-OH is 1. The number of amides is 1. The Bertz CT molecular complexity index is 491. The third-order valence-electron chi connectivity index (χ3n) is 4.42. The molecule has 0 spiro atoms. The Kier molecular flexibility index (Phi) is 4.40. The second-order valence-electron chi connectivity index (χ2n) is 5.78. The summed E-state index contributed by atoms with van der Waals surface area (Å²) in [6.45, 7) is 0. The van der Waals surface area contributed by atoms with Gasteiger partial charge in [-0.2, -0.15) is 0 Å². The standard InChI is InChI=1S/C16H21NO3S/c1-20-14-4-6-15(7-5-14)21-10-16(19)17-11-2-3-12(17)9-13(18)8-11/h4-7,11-13,18H,2-3,8-10H2,1H3. The minimum Gasteiger partial charge on any atom is -0.497 e. The van der Waals surface area contributed by atoms with E-state index in [1.165, 1.54) is 0 Å². The Morgan fingerprint density at radius 3 is 2.48 bits per heavy atom. The Balaban J connectivity index is 1.57. The first kappa shape index (κ1) is 14.7. The maximum Gasteiger partial charge on any atom is 0.233 e. The molecule has 2 atom stereocenters. The summed E-state index contributed by atoms with van der Waals surface area (Å²) >= 11 is 1.56. The van der Waals surface area contributed by atoms with Crippen LogP contribution in [0.4, 0.5) is 0 Å². The van der Waals surface area contributed by atoms with Crippen LogP contribution >= 0.6 is 11.8 Å². The highest BCUT2D eigenvalue weighted by molar-refractivity contribution is 8.00. The lowest BCUT2D eigenvalue weighted by Crippen LogP contribution is -2.48. The van der Waals surface area contributed by atoms with Gasteiger partial charge in [-0.05, 0) is 49.9 Å². The van der Waals surface area contributed by atoms with Gasteiger partial charge in [0.05, 0.1) is 19.0 Å². The molecule has 3 rings (SSSR count). The van der Waals surface area contributed by atoms with Gasteiger partial charge in [0, 0.05) is 17.0 Å². The van der Waals surface area contributed by atoms with Gasteiger partial charge in [-0.1, -0.05) is 0 Å². The van der Waals surface area contributed by atoms with E-state index in [9.17, 15) is 9.90 Å². The Labute approximate surface area is 129 Å². The molecule has 114 valence electrons. The molecule has 2 heterocycles. The quantitative estimate of drug-likeness (QED) is 0.867. The number of fused-ring (bicyclic) bond motifs is 2. The van der Waals surface area contributed by atoms with Crippen molar-refractivity contribution in [2.75, 3.05) is 12.9 Å². The minimum atomic E-state index is -0.221. The van der Waals surface area contributed by atoms with Crippen LogP contribution in [-0.2, 0) is 4.79 Å². The summed E-state index contributed by atoms with van der Waals surface area (Å²) in [5.74, 6) is 1.50. The van der Waals surface area contributed by atoms with Crippen molar-refractivity contribution in [3.63, 3.8) is 0 Å². The fraction of sp³-hybridized carbons (Fsp3) is 0.562. The van der Waals surface area contributed by atoms with Crippen LogP contribution in [0, 0.1) is 0 Å². The number of carbonyl (C=O) groups excluding carboxylic acids is 1. The molecule has 2 saturated heterocycles. The van der Waals surface area contributed by atoms with Crippen LogP contribution < -0.4 is 4.74 Å². The van der Waals surface area contributed by atoms with Gasteiger partial charge in [-0.25, -0.2) is 0 Å². The zero-order chi connectivity index (χ0) is 14.8. The zero-order valence-corrected chi connectivity index (χ0v) is 13.0. The van der Waals surface area contributed by atoms with Gasteiger partial charge in [-0.15, -0.1) is 11.8 Å². The summed E-state index contributed by atoms with van der Waals surface area (Å²) in [5, 5.41) is 9.79.